The predicted molar refractivity (Wildman–Crippen MR) is 88.5 cm³/mol. The van der Waals surface area contributed by atoms with Gasteiger partial charge in [-0.1, -0.05) is 42.5 Å². The van der Waals surface area contributed by atoms with E-state index in [-0.39, 0.29) is 0 Å². The fraction of sp³-hybridized carbons (Fsp3) is 0.133. The summed E-state index contributed by atoms with van der Waals surface area (Å²) in [7, 11) is 0. The van der Waals surface area contributed by atoms with E-state index in [2.05, 4.69) is 38.7 Å². The molecule has 2 aromatic rings. The van der Waals surface area contributed by atoms with Crippen LogP contribution in [0.5, 0.6) is 0 Å². The van der Waals surface area contributed by atoms with Crippen LogP contribution in [0.1, 0.15) is 5.56 Å². The van der Waals surface area contributed by atoms with E-state index in [4.69, 9.17) is 12.2 Å². The normalized spacial score (nSPS) is 9.95. The second-order valence-corrected chi connectivity index (χ2v) is 5.36. The van der Waals surface area contributed by atoms with Crippen molar-refractivity contribution in [2.75, 3.05) is 11.9 Å². The summed E-state index contributed by atoms with van der Waals surface area (Å²) in [5.74, 6) is 0. The second kappa shape index (κ2) is 7.26. The first-order valence-corrected chi connectivity index (χ1v) is 7.29. The Morgan fingerprint density at radius 1 is 1.00 bits per heavy atom. The predicted octanol–water partition coefficient (Wildman–Crippen LogP) is 3.98. The summed E-state index contributed by atoms with van der Waals surface area (Å²) in [5.41, 5.74) is 2.28. The molecule has 2 nitrogen and oxygen atoms in total. The third-order valence-electron chi connectivity index (χ3n) is 2.66. The first-order valence-electron chi connectivity index (χ1n) is 6.09. The van der Waals surface area contributed by atoms with Gasteiger partial charge < -0.3 is 10.6 Å². The Labute approximate surface area is 127 Å². The fourth-order valence-corrected chi connectivity index (χ4v) is 2.29. The summed E-state index contributed by atoms with van der Waals surface area (Å²) in [6.45, 7) is 0.820. The van der Waals surface area contributed by atoms with E-state index in [1.54, 1.807) is 0 Å². The maximum Gasteiger partial charge on any atom is 0.170 e. The minimum atomic E-state index is 0.642. The highest BCUT2D eigenvalue weighted by Crippen LogP contribution is 2.20. The lowest BCUT2D eigenvalue weighted by Gasteiger charge is -2.11. The summed E-state index contributed by atoms with van der Waals surface area (Å²) in [6.07, 6.45) is 0.957. The molecule has 0 atom stereocenters. The second-order valence-electron chi connectivity index (χ2n) is 4.10. The van der Waals surface area contributed by atoms with Crippen molar-refractivity contribution in [2.24, 2.45) is 0 Å². The molecule has 2 N–H and O–H groups in total. The van der Waals surface area contributed by atoms with Crippen LogP contribution in [0.25, 0.3) is 0 Å². The molecule has 0 heterocycles. The van der Waals surface area contributed by atoms with E-state index in [0.29, 0.717) is 5.11 Å². The molecule has 4 heteroatoms. The van der Waals surface area contributed by atoms with E-state index in [1.807, 2.05) is 42.5 Å². The summed E-state index contributed by atoms with van der Waals surface area (Å²) < 4.78 is 1.00. The van der Waals surface area contributed by atoms with Gasteiger partial charge in [0.15, 0.2) is 5.11 Å². The third kappa shape index (κ3) is 4.65. The Hall–Kier alpha value is -1.39. The lowest BCUT2D eigenvalue weighted by molar-refractivity contribution is 0.873. The number of para-hydroxylation sites is 1. The topological polar surface area (TPSA) is 24.1 Å². The van der Waals surface area contributed by atoms with Gasteiger partial charge in [-0.3, -0.25) is 0 Å². The van der Waals surface area contributed by atoms with Crippen LogP contribution in [0, 0.1) is 0 Å². The van der Waals surface area contributed by atoms with Crippen LogP contribution >= 0.6 is 28.1 Å². The molecule has 0 aliphatic rings. The standard InChI is InChI=1S/C15H15BrN2S/c16-13-8-4-5-9-14(13)18-15(19)17-11-10-12-6-2-1-3-7-12/h1-9H,10-11H2,(H2,17,18,19). The Morgan fingerprint density at radius 3 is 2.42 bits per heavy atom. The van der Waals surface area contributed by atoms with Gasteiger partial charge >= 0.3 is 0 Å². The fourth-order valence-electron chi connectivity index (χ4n) is 1.69. The number of hydrogen-bond donors (Lipinski definition) is 2. The molecule has 0 aliphatic heterocycles. The molecule has 0 saturated carbocycles. The van der Waals surface area contributed by atoms with Gasteiger partial charge in [0.25, 0.3) is 0 Å². The van der Waals surface area contributed by atoms with E-state index in [0.717, 1.165) is 23.1 Å². The van der Waals surface area contributed by atoms with E-state index >= 15 is 0 Å². The van der Waals surface area contributed by atoms with Gasteiger partial charge in [-0.25, -0.2) is 0 Å². The Bertz CT molecular complexity index is 543. The van der Waals surface area contributed by atoms with E-state index < -0.39 is 0 Å². The van der Waals surface area contributed by atoms with Crippen LogP contribution in [0.4, 0.5) is 5.69 Å². The molecule has 0 radical (unpaired) electrons. The van der Waals surface area contributed by atoms with Crippen molar-refractivity contribution >= 4 is 38.9 Å². The molecule has 0 amide bonds. The molecule has 0 saturated heterocycles. The van der Waals surface area contributed by atoms with E-state index in [1.165, 1.54) is 5.56 Å². The lowest BCUT2D eigenvalue weighted by Crippen LogP contribution is -2.30. The first-order chi connectivity index (χ1) is 9.25. The first kappa shape index (κ1) is 14.0. The summed E-state index contributed by atoms with van der Waals surface area (Å²) in [4.78, 5) is 0. The maximum atomic E-state index is 5.27. The van der Waals surface area contributed by atoms with Crippen LogP contribution in [0.3, 0.4) is 0 Å². The van der Waals surface area contributed by atoms with Crippen LogP contribution in [0.2, 0.25) is 0 Å². The molecule has 0 bridgehead atoms. The van der Waals surface area contributed by atoms with Crippen molar-refractivity contribution in [3.8, 4) is 0 Å². The average molecular weight is 335 g/mol. The highest BCUT2D eigenvalue weighted by atomic mass is 79.9. The molecular weight excluding hydrogens is 320 g/mol. The van der Waals surface area contributed by atoms with Gasteiger partial charge in [0.1, 0.15) is 0 Å². The van der Waals surface area contributed by atoms with Crippen molar-refractivity contribution < 1.29 is 0 Å². The quantitative estimate of drug-likeness (QED) is 0.827. The number of nitrogens with one attached hydrogen (secondary N) is 2. The van der Waals surface area contributed by atoms with Crippen molar-refractivity contribution in [1.82, 2.24) is 5.32 Å². The van der Waals surface area contributed by atoms with Crippen LogP contribution < -0.4 is 10.6 Å². The molecule has 2 aromatic carbocycles. The minimum absolute atomic E-state index is 0.642. The van der Waals surface area contributed by atoms with Crippen molar-refractivity contribution in [1.29, 1.82) is 0 Å². The molecule has 0 aliphatic carbocycles. The number of halogens is 1. The molecule has 19 heavy (non-hydrogen) atoms. The third-order valence-corrected chi connectivity index (χ3v) is 3.60. The van der Waals surface area contributed by atoms with Crippen molar-refractivity contribution in [2.45, 2.75) is 6.42 Å². The van der Waals surface area contributed by atoms with Gasteiger partial charge in [-0.15, -0.1) is 0 Å². The number of rotatable bonds is 4. The highest BCUT2D eigenvalue weighted by Gasteiger charge is 2.00. The molecule has 98 valence electrons. The molecular formula is C15H15BrN2S. The van der Waals surface area contributed by atoms with Crippen LogP contribution in [0.15, 0.2) is 59.1 Å². The zero-order valence-corrected chi connectivity index (χ0v) is 12.8. The van der Waals surface area contributed by atoms with Gasteiger partial charge in [0.2, 0.25) is 0 Å². The largest absolute Gasteiger partial charge is 0.362 e. The number of hydrogen-bond acceptors (Lipinski definition) is 1. The van der Waals surface area contributed by atoms with Crippen LogP contribution in [-0.2, 0) is 6.42 Å². The van der Waals surface area contributed by atoms with Gasteiger partial charge in [-0.05, 0) is 52.3 Å². The van der Waals surface area contributed by atoms with E-state index in [9.17, 15) is 0 Å². The minimum Gasteiger partial charge on any atom is -0.362 e. The summed E-state index contributed by atoms with van der Waals surface area (Å²) in [6, 6.07) is 18.3. The van der Waals surface area contributed by atoms with Gasteiger partial charge in [0, 0.05) is 11.0 Å². The molecule has 0 fully saturated rings. The average Bonchev–Trinajstić information content (AvgIpc) is 2.43. The Kier molecular flexibility index (Phi) is 5.36. The molecule has 0 aromatic heterocycles. The van der Waals surface area contributed by atoms with Gasteiger partial charge in [-0.2, -0.15) is 0 Å². The number of anilines is 1. The SMILES string of the molecule is S=C(NCCc1ccccc1)Nc1ccccc1Br. The molecule has 0 unspecified atom stereocenters. The smallest absolute Gasteiger partial charge is 0.170 e. The zero-order chi connectivity index (χ0) is 13.5. The number of thiocarbonyl (C=S) groups is 1. The Balaban J connectivity index is 1.78. The highest BCUT2D eigenvalue weighted by molar-refractivity contribution is 9.10. The van der Waals surface area contributed by atoms with Crippen molar-refractivity contribution in [3.63, 3.8) is 0 Å². The lowest BCUT2D eigenvalue weighted by atomic mass is 10.1. The summed E-state index contributed by atoms with van der Waals surface area (Å²) >= 11 is 8.75. The zero-order valence-electron chi connectivity index (χ0n) is 10.4. The molecule has 0 spiro atoms. The molecule has 2 rings (SSSR count). The van der Waals surface area contributed by atoms with Gasteiger partial charge in [0.05, 0.1) is 5.69 Å². The number of benzene rings is 2. The maximum absolute atomic E-state index is 5.27. The Morgan fingerprint density at radius 2 is 1.68 bits per heavy atom. The summed E-state index contributed by atoms with van der Waals surface area (Å²) in [5, 5.41) is 7.02. The monoisotopic (exact) mass is 334 g/mol. The van der Waals surface area contributed by atoms with Crippen molar-refractivity contribution in [3.05, 3.63) is 64.6 Å². The van der Waals surface area contributed by atoms with Crippen LogP contribution in [-0.4, -0.2) is 11.7 Å².